The smallest absolute Gasteiger partial charge is 0.225 e. The minimum Gasteiger partial charge on any atom is -0.359 e. The molecule has 0 bridgehead atoms. The van der Waals surface area contributed by atoms with Gasteiger partial charge in [-0.2, -0.15) is 0 Å². The Labute approximate surface area is 160 Å². The lowest BCUT2D eigenvalue weighted by Crippen LogP contribution is -2.52. The van der Waals surface area contributed by atoms with Gasteiger partial charge in [-0.3, -0.25) is 4.99 Å². The molecule has 1 N–H and O–H groups in total. The Kier molecular flexibility index (Phi) is 6.62. The van der Waals surface area contributed by atoms with Crippen LogP contribution in [-0.4, -0.2) is 59.2 Å². The van der Waals surface area contributed by atoms with E-state index in [1.54, 1.807) is 12.4 Å². The quantitative estimate of drug-likeness (QED) is 0.616. The van der Waals surface area contributed by atoms with Crippen LogP contribution in [0.2, 0.25) is 0 Å². The van der Waals surface area contributed by atoms with Crippen LogP contribution in [0.1, 0.15) is 44.1 Å². The molecule has 1 fully saturated rings. The summed E-state index contributed by atoms with van der Waals surface area (Å²) < 4.78 is 5.50. The molecule has 2 aromatic heterocycles. The lowest BCUT2D eigenvalue weighted by molar-refractivity contribution is 0.352. The summed E-state index contributed by atoms with van der Waals surface area (Å²) in [6, 6.07) is 3.90. The van der Waals surface area contributed by atoms with Crippen molar-refractivity contribution < 1.29 is 4.52 Å². The number of rotatable bonds is 6. The van der Waals surface area contributed by atoms with Gasteiger partial charge in [0.1, 0.15) is 0 Å². The molecule has 0 amide bonds. The second kappa shape index (κ2) is 9.34. The number of anilines is 1. The fourth-order valence-electron chi connectivity index (χ4n) is 3.38. The highest BCUT2D eigenvalue weighted by Crippen LogP contribution is 2.22. The van der Waals surface area contributed by atoms with Gasteiger partial charge in [-0.15, -0.1) is 0 Å². The molecule has 2 aromatic rings. The van der Waals surface area contributed by atoms with Crippen LogP contribution >= 0.6 is 0 Å². The van der Waals surface area contributed by atoms with Crippen LogP contribution in [0.4, 0.5) is 5.95 Å². The summed E-state index contributed by atoms with van der Waals surface area (Å²) in [5.41, 5.74) is 1.04. The maximum Gasteiger partial charge on any atom is 0.225 e. The van der Waals surface area contributed by atoms with E-state index in [9.17, 15) is 0 Å². The van der Waals surface area contributed by atoms with Crippen molar-refractivity contribution in [3.63, 3.8) is 0 Å². The first-order valence-electron chi connectivity index (χ1n) is 9.68. The molecule has 0 atom stereocenters. The van der Waals surface area contributed by atoms with E-state index in [4.69, 9.17) is 4.52 Å². The largest absolute Gasteiger partial charge is 0.359 e. The molecule has 8 nitrogen and oxygen atoms in total. The molecule has 1 saturated heterocycles. The Morgan fingerprint density at radius 3 is 2.52 bits per heavy atom. The summed E-state index contributed by atoms with van der Waals surface area (Å²) >= 11 is 0. The van der Waals surface area contributed by atoms with E-state index in [0.29, 0.717) is 12.5 Å². The minimum absolute atomic E-state index is 0.468. The van der Waals surface area contributed by atoms with Gasteiger partial charge in [0, 0.05) is 57.6 Å². The van der Waals surface area contributed by atoms with Crippen molar-refractivity contribution >= 4 is 11.9 Å². The molecule has 0 aromatic carbocycles. The number of guanidine groups is 1. The normalized spacial score (nSPS) is 15.5. The first-order chi connectivity index (χ1) is 13.2. The van der Waals surface area contributed by atoms with Gasteiger partial charge in [0.15, 0.2) is 11.7 Å². The molecule has 0 spiro atoms. The molecular formula is C19H29N7O. The zero-order chi connectivity index (χ0) is 19.1. The van der Waals surface area contributed by atoms with E-state index in [-0.39, 0.29) is 0 Å². The summed E-state index contributed by atoms with van der Waals surface area (Å²) in [5, 5.41) is 7.62. The van der Waals surface area contributed by atoms with Crippen LogP contribution in [0, 0.1) is 0 Å². The first-order valence-corrected chi connectivity index (χ1v) is 9.68. The van der Waals surface area contributed by atoms with Crippen LogP contribution in [0.3, 0.4) is 0 Å². The van der Waals surface area contributed by atoms with Gasteiger partial charge >= 0.3 is 0 Å². The van der Waals surface area contributed by atoms with Crippen molar-refractivity contribution in [3.8, 4) is 0 Å². The predicted molar refractivity (Wildman–Crippen MR) is 106 cm³/mol. The molecule has 0 aliphatic carbocycles. The van der Waals surface area contributed by atoms with E-state index in [1.807, 2.05) is 13.1 Å². The van der Waals surface area contributed by atoms with Crippen LogP contribution < -0.4 is 10.2 Å². The molecule has 27 heavy (non-hydrogen) atoms. The molecule has 3 heterocycles. The molecule has 8 heteroatoms. The van der Waals surface area contributed by atoms with E-state index in [0.717, 1.165) is 62.4 Å². The maximum absolute atomic E-state index is 5.50. The van der Waals surface area contributed by atoms with Crippen molar-refractivity contribution in [2.45, 2.75) is 39.2 Å². The molecule has 0 unspecified atom stereocenters. The standard InChI is InChI=1S/C19H29N7O/c1-4-15(5-2)17-13-16(27-24-17)14-23-18(20-3)25-9-11-26(12-10-25)19-21-7-6-8-22-19/h6-8,13,15H,4-5,9-12,14H2,1-3H3,(H,20,23). The average Bonchev–Trinajstić information content (AvgIpc) is 3.19. The second-order valence-electron chi connectivity index (χ2n) is 6.66. The zero-order valence-electron chi connectivity index (χ0n) is 16.4. The number of aliphatic imine (C=N–C) groups is 1. The van der Waals surface area contributed by atoms with Crippen molar-refractivity contribution in [1.82, 2.24) is 25.3 Å². The highest BCUT2D eigenvalue weighted by atomic mass is 16.5. The van der Waals surface area contributed by atoms with Gasteiger partial charge in [-0.25, -0.2) is 9.97 Å². The van der Waals surface area contributed by atoms with Crippen molar-refractivity contribution in [1.29, 1.82) is 0 Å². The molecule has 1 aliphatic rings. The Morgan fingerprint density at radius 1 is 1.19 bits per heavy atom. The third kappa shape index (κ3) is 4.75. The lowest BCUT2D eigenvalue weighted by atomic mass is 9.99. The second-order valence-corrected chi connectivity index (χ2v) is 6.66. The number of hydrogen-bond donors (Lipinski definition) is 1. The number of nitrogens with one attached hydrogen (secondary N) is 1. The maximum atomic E-state index is 5.50. The van der Waals surface area contributed by atoms with Crippen LogP contribution in [0.5, 0.6) is 0 Å². The average molecular weight is 371 g/mol. The Balaban J connectivity index is 1.51. The number of aromatic nitrogens is 3. The predicted octanol–water partition coefficient (Wildman–Crippen LogP) is 2.27. The summed E-state index contributed by atoms with van der Waals surface area (Å²) in [4.78, 5) is 17.5. The molecule has 0 radical (unpaired) electrons. The van der Waals surface area contributed by atoms with Crippen LogP contribution in [0.15, 0.2) is 34.0 Å². The summed E-state index contributed by atoms with van der Waals surface area (Å²) in [6.07, 6.45) is 5.71. The minimum atomic E-state index is 0.468. The fourth-order valence-corrected chi connectivity index (χ4v) is 3.38. The first kappa shape index (κ1) is 19.1. The van der Waals surface area contributed by atoms with Gasteiger partial charge in [0.2, 0.25) is 5.95 Å². The molecule has 146 valence electrons. The van der Waals surface area contributed by atoms with Crippen LogP contribution in [-0.2, 0) is 6.54 Å². The molecule has 0 saturated carbocycles. The Morgan fingerprint density at radius 2 is 1.89 bits per heavy atom. The van der Waals surface area contributed by atoms with Gasteiger partial charge in [-0.1, -0.05) is 19.0 Å². The number of nitrogens with zero attached hydrogens (tertiary/aromatic N) is 6. The topological polar surface area (TPSA) is 82.7 Å². The third-order valence-corrected chi connectivity index (χ3v) is 5.03. The lowest BCUT2D eigenvalue weighted by Gasteiger charge is -2.36. The van der Waals surface area contributed by atoms with Gasteiger partial charge in [0.25, 0.3) is 0 Å². The molecule has 1 aliphatic heterocycles. The molecule has 3 rings (SSSR count). The Bertz CT molecular complexity index is 719. The summed E-state index contributed by atoms with van der Waals surface area (Å²) in [7, 11) is 1.81. The van der Waals surface area contributed by atoms with E-state index >= 15 is 0 Å². The fraction of sp³-hybridized carbons (Fsp3) is 0.579. The SMILES string of the molecule is CCC(CC)c1cc(CNC(=NC)N2CCN(c3ncccn3)CC2)on1. The highest BCUT2D eigenvalue weighted by Gasteiger charge is 2.21. The molecular weight excluding hydrogens is 342 g/mol. The highest BCUT2D eigenvalue weighted by molar-refractivity contribution is 5.80. The van der Waals surface area contributed by atoms with Crippen molar-refractivity contribution in [2.24, 2.45) is 4.99 Å². The monoisotopic (exact) mass is 371 g/mol. The third-order valence-electron chi connectivity index (χ3n) is 5.03. The van der Waals surface area contributed by atoms with Crippen molar-refractivity contribution in [3.05, 3.63) is 36.0 Å². The summed E-state index contributed by atoms with van der Waals surface area (Å²) in [6.45, 7) is 8.42. The number of piperazine rings is 1. The summed E-state index contributed by atoms with van der Waals surface area (Å²) in [5.74, 6) is 2.98. The van der Waals surface area contributed by atoms with E-state index < -0.39 is 0 Å². The zero-order valence-corrected chi connectivity index (χ0v) is 16.4. The van der Waals surface area contributed by atoms with Crippen molar-refractivity contribution in [2.75, 3.05) is 38.1 Å². The van der Waals surface area contributed by atoms with Gasteiger partial charge in [-0.05, 0) is 18.9 Å². The Hall–Kier alpha value is -2.64. The van der Waals surface area contributed by atoms with Gasteiger partial charge in [0.05, 0.1) is 12.2 Å². The van der Waals surface area contributed by atoms with Gasteiger partial charge < -0.3 is 19.6 Å². The van der Waals surface area contributed by atoms with Crippen LogP contribution in [0.25, 0.3) is 0 Å². The number of hydrogen-bond acceptors (Lipinski definition) is 6. The van der Waals surface area contributed by atoms with E-state index in [2.05, 4.69) is 55.1 Å². The van der Waals surface area contributed by atoms with E-state index in [1.165, 1.54) is 0 Å².